The van der Waals surface area contributed by atoms with Gasteiger partial charge in [0.05, 0.1) is 24.1 Å². The van der Waals surface area contributed by atoms with E-state index >= 15 is 0 Å². The molecule has 1 fully saturated rings. The number of ether oxygens (including phenoxy) is 1. The number of carbonyl (C=O) groups is 2. The second-order valence-corrected chi connectivity index (χ2v) is 10.0. The molecule has 0 atom stereocenters. The minimum absolute atomic E-state index is 0.0489. The van der Waals surface area contributed by atoms with Crippen LogP contribution in [-0.4, -0.2) is 70.9 Å². The van der Waals surface area contributed by atoms with E-state index in [9.17, 15) is 9.59 Å². The Morgan fingerprint density at radius 3 is 2.37 bits per heavy atom. The highest BCUT2D eigenvalue weighted by molar-refractivity contribution is 5.94. The Bertz CT molecular complexity index is 1500. The molecule has 0 aliphatic carbocycles. The van der Waals surface area contributed by atoms with Gasteiger partial charge in [0.15, 0.2) is 5.78 Å². The zero-order valence-electron chi connectivity index (χ0n) is 21.7. The molecular weight excluding hydrogens is 478 g/mol. The molecule has 6 rings (SSSR count). The number of urea groups is 1. The third-order valence-electron chi connectivity index (χ3n) is 7.43. The maximum absolute atomic E-state index is 13.5. The molecule has 194 valence electrons. The fourth-order valence-electron chi connectivity index (χ4n) is 5.32. The van der Waals surface area contributed by atoms with Gasteiger partial charge in [-0.2, -0.15) is 0 Å². The van der Waals surface area contributed by atoms with E-state index in [0.717, 1.165) is 58.1 Å². The number of aromatic amines is 1. The van der Waals surface area contributed by atoms with Crippen LogP contribution < -0.4 is 9.64 Å². The Labute approximate surface area is 221 Å². The number of Topliss-reactive ketones (excluding diaryl/α,β-unsaturated/α-hetero) is 1. The van der Waals surface area contributed by atoms with Crippen molar-refractivity contribution in [2.75, 3.05) is 44.2 Å². The zero-order valence-corrected chi connectivity index (χ0v) is 21.7. The number of carbonyl (C=O) groups excluding carboxylic acids is 2. The van der Waals surface area contributed by atoms with Crippen molar-refractivity contribution in [1.29, 1.82) is 0 Å². The molecule has 3 heterocycles. The number of imidazole rings is 1. The molecule has 1 aromatic heterocycles. The lowest BCUT2D eigenvalue weighted by Crippen LogP contribution is -2.53. The maximum atomic E-state index is 13.5. The van der Waals surface area contributed by atoms with E-state index in [0.29, 0.717) is 38.3 Å². The van der Waals surface area contributed by atoms with Gasteiger partial charge in [-0.05, 0) is 73.5 Å². The number of piperazine rings is 1. The van der Waals surface area contributed by atoms with Gasteiger partial charge >= 0.3 is 6.03 Å². The number of aryl methyl sites for hydroxylation is 1. The SMILES string of the molecule is CC(=O)c1ccc(N2CCN(C(=O)N3CCOc4ccc(-c5ccc6nc(C)[nH]c6c5)cc4C3)CC2)cc1. The summed E-state index contributed by atoms with van der Waals surface area (Å²) in [6, 6.07) is 20.2. The van der Waals surface area contributed by atoms with Gasteiger partial charge in [0, 0.05) is 43.0 Å². The smallest absolute Gasteiger partial charge is 0.320 e. The predicted molar refractivity (Wildman–Crippen MR) is 148 cm³/mol. The number of fused-ring (bicyclic) bond motifs is 2. The monoisotopic (exact) mass is 509 g/mol. The predicted octanol–water partition coefficient (Wildman–Crippen LogP) is 4.88. The van der Waals surface area contributed by atoms with Gasteiger partial charge < -0.3 is 24.4 Å². The first kappa shape index (κ1) is 24.0. The van der Waals surface area contributed by atoms with Crippen molar-refractivity contribution in [2.24, 2.45) is 0 Å². The topological polar surface area (TPSA) is 81.8 Å². The van der Waals surface area contributed by atoms with Gasteiger partial charge in [-0.15, -0.1) is 0 Å². The van der Waals surface area contributed by atoms with E-state index in [1.165, 1.54) is 0 Å². The minimum Gasteiger partial charge on any atom is -0.491 e. The number of H-pyrrole nitrogens is 1. The number of amides is 2. The molecule has 8 nitrogen and oxygen atoms in total. The van der Waals surface area contributed by atoms with E-state index in [-0.39, 0.29) is 11.8 Å². The largest absolute Gasteiger partial charge is 0.491 e. The van der Waals surface area contributed by atoms with Gasteiger partial charge in [0.25, 0.3) is 0 Å². The van der Waals surface area contributed by atoms with E-state index in [4.69, 9.17) is 4.74 Å². The number of benzene rings is 3. The second-order valence-electron chi connectivity index (χ2n) is 10.0. The normalized spacial score (nSPS) is 15.7. The molecule has 1 saturated heterocycles. The Morgan fingerprint density at radius 2 is 1.61 bits per heavy atom. The molecule has 38 heavy (non-hydrogen) atoms. The summed E-state index contributed by atoms with van der Waals surface area (Å²) in [5.41, 5.74) is 6.95. The van der Waals surface area contributed by atoms with Crippen LogP contribution in [0.2, 0.25) is 0 Å². The van der Waals surface area contributed by atoms with Crippen LogP contribution in [0.15, 0.2) is 60.7 Å². The first-order valence-electron chi connectivity index (χ1n) is 13.1. The lowest BCUT2D eigenvalue weighted by Gasteiger charge is -2.38. The van der Waals surface area contributed by atoms with E-state index in [1.807, 2.05) is 53.1 Å². The molecule has 2 aliphatic rings. The fourth-order valence-corrected chi connectivity index (χ4v) is 5.32. The van der Waals surface area contributed by atoms with Gasteiger partial charge in [0.2, 0.25) is 0 Å². The molecule has 2 aliphatic heterocycles. The average molecular weight is 510 g/mol. The number of hydrogen-bond acceptors (Lipinski definition) is 5. The van der Waals surface area contributed by atoms with Crippen molar-refractivity contribution in [3.63, 3.8) is 0 Å². The third-order valence-corrected chi connectivity index (χ3v) is 7.43. The average Bonchev–Trinajstić information content (AvgIpc) is 3.18. The molecule has 0 spiro atoms. The van der Waals surface area contributed by atoms with Crippen LogP contribution in [0.25, 0.3) is 22.2 Å². The van der Waals surface area contributed by atoms with Crippen LogP contribution >= 0.6 is 0 Å². The molecule has 0 unspecified atom stereocenters. The second kappa shape index (κ2) is 9.85. The Balaban J connectivity index is 1.14. The molecule has 8 heteroatoms. The highest BCUT2D eigenvalue weighted by Gasteiger charge is 2.27. The van der Waals surface area contributed by atoms with Crippen molar-refractivity contribution in [3.05, 3.63) is 77.6 Å². The zero-order chi connectivity index (χ0) is 26.2. The minimum atomic E-state index is 0.0489. The summed E-state index contributed by atoms with van der Waals surface area (Å²) >= 11 is 0. The maximum Gasteiger partial charge on any atom is 0.320 e. The summed E-state index contributed by atoms with van der Waals surface area (Å²) in [6.07, 6.45) is 0. The summed E-state index contributed by atoms with van der Waals surface area (Å²) in [5, 5.41) is 0. The molecule has 1 N–H and O–H groups in total. The van der Waals surface area contributed by atoms with Gasteiger partial charge in [-0.3, -0.25) is 4.79 Å². The molecule has 3 aromatic carbocycles. The first-order valence-corrected chi connectivity index (χ1v) is 13.1. The van der Waals surface area contributed by atoms with Crippen molar-refractivity contribution in [1.82, 2.24) is 19.8 Å². The van der Waals surface area contributed by atoms with Crippen LogP contribution in [-0.2, 0) is 6.54 Å². The number of nitrogens with zero attached hydrogens (tertiary/aromatic N) is 4. The van der Waals surface area contributed by atoms with Gasteiger partial charge in [-0.25, -0.2) is 9.78 Å². The Morgan fingerprint density at radius 1 is 0.868 bits per heavy atom. The Kier molecular flexibility index (Phi) is 6.23. The number of aromatic nitrogens is 2. The summed E-state index contributed by atoms with van der Waals surface area (Å²) < 4.78 is 6.02. The first-order chi connectivity index (χ1) is 18.4. The molecular formula is C30H31N5O3. The van der Waals surface area contributed by atoms with Crippen LogP contribution in [0.3, 0.4) is 0 Å². The molecule has 4 aromatic rings. The highest BCUT2D eigenvalue weighted by Crippen LogP contribution is 2.31. The van der Waals surface area contributed by atoms with Crippen molar-refractivity contribution in [2.45, 2.75) is 20.4 Å². The summed E-state index contributed by atoms with van der Waals surface area (Å²) in [6.45, 7) is 7.89. The summed E-state index contributed by atoms with van der Waals surface area (Å²) in [7, 11) is 0. The van der Waals surface area contributed by atoms with Crippen molar-refractivity contribution >= 4 is 28.5 Å². The number of rotatable bonds is 3. The lowest BCUT2D eigenvalue weighted by atomic mass is 10.0. The van der Waals surface area contributed by atoms with Crippen LogP contribution in [0.4, 0.5) is 10.5 Å². The van der Waals surface area contributed by atoms with Crippen molar-refractivity contribution < 1.29 is 14.3 Å². The quantitative estimate of drug-likeness (QED) is 0.398. The molecule has 0 bridgehead atoms. The Hall–Kier alpha value is -4.33. The summed E-state index contributed by atoms with van der Waals surface area (Å²) in [4.78, 5) is 39.0. The van der Waals surface area contributed by atoms with Crippen molar-refractivity contribution in [3.8, 4) is 16.9 Å². The van der Waals surface area contributed by atoms with E-state index < -0.39 is 0 Å². The number of ketones is 1. The summed E-state index contributed by atoms with van der Waals surface area (Å²) in [5.74, 6) is 1.80. The molecule has 0 radical (unpaired) electrons. The van der Waals surface area contributed by atoms with Gasteiger partial charge in [0.1, 0.15) is 18.2 Å². The van der Waals surface area contributed by atoms with Gasteiger partial charge in [-0.1, -0.05) is 12.1 Å². The van der Waals surface area contributed by atoms with Crippen LogP contribution in [0, 0.1) is 6.92 Å². The van der Waals surface area contributed by atoms with Crippen LogP contribution in [0.5, 0.6) is 5.75 Å². The van der Waals surface area contributed by atoms with E-state index in [2.05, 4.69) is 39.1 Å². The van der Waals surface area contributed by atoms with E-state index in [1.54, 1.807) is 6.92 Å². The highest BCUT2D eigenvalue weighted by atomic mass is 16.5. The standard InChI is InChI=1S/C30H31N5O3/c1-20(36)22-3-7-26(8-4-22)33-11-13-34(14-12-33)30(37)35-15-16-38-29-10-6-23(17-25(29)19-35)24-5-9-27-28(18-24)32-21(2)31-27/h3-10,17-18H,11-16,19H2,1-2H3,(H,31,32). The third kappa shape index (κ3) is 4.69. The number of nitrogens with one attached hydrogen (secondary N) is 1. The molecule has 2 amide bonds. The number of anilines is 1. The van der Waals surface area contributed by atoms with Crippen LogP contribution in [0.1, 0.15) is 28.7 Å². The fraction of sp³-hybridized carbons (Fsp3) is 0.300. The molecule has 0 saturated carbocycles. The lowest BCUT2D eigenvalue weighted by molar-refractivity contribution is 0.101. The number of hydrogen-bond donors (Lipinski definition) is 1.